The molecule has 778 valence electrons. The van der Waals surface area contributed by atoms with E-state index in [9.17, 15) is 53.7 Å². The number of nitrogens with one attached hydrogen (secondary N) is 13. The quantitative estimate of drug-likeness (QED) is 0.0261. The first-order valence-electron chi connectivity index (χ1n) is 49.0. The van der Waals surface area contributed by atoms with Crippen LogP contribution in [-0.2, 0) is 118 Å². The Labute approximate surface area is 838 Å². The second kappa shape index (κ2) is 54.8. The molecular weight excluding hydrogens is 1880 g/mol. The molecule has 44 heteroatoms. The van der Waals surface area contributed by atoms with Gasteiger partial charge in [0.05, 0.1) is 30.7 Å². The zero-order valence-corrected chi connectivity index (χ0v) is 82.8. The van der Waals surface area contributed by atoms with Gasteiger partial charge in [0.2, 0.25) is 94.5 Å². The molecule has 4 aromatic carbocycles. The van der Waals surface area contributed by atoms with Gasteiger partial charge in [0, 0.05) is 112 Å². The SMILES string of the molecule is CCCC[C@H]1C(=O)N(C)[C@@H](CCCC)C(=O)N[C@@H](CCC(=O)O)C(=O)N[C@H](C(=O)NCC(N)=O)CSCC(=O)N[C@@H](Cc2ccc(O)cc2)C(=O)N(C)[C@@H](C)C(=O)N[C@@H](CC(=O)O)C(=O)N2CCC[C@H]2C(=O)N[C@@H](Cc2c[nH]cn2)C(=O)N[C@@H](CCCCN)C(=O)N2C[C@H](Cc3ccccc3)C[C@H]2C(=O)N[C@@H](Cc2c[nH]c3ccccc23)C(=O)N[C@@H](CCCCN)C(=O)N[C@@H](Cc2c[nH]c3ccccc23)C(=O)N1C. The van der Waals surface area contributed by atoms with Crippen LogP contribution in [0.4, 0.5) is 0 Å². The van der Waals surface area contributed by atoms with Gasteiger partial charge in [-0.3, -0.25) is 86.3 Å². The third-order valence-corrected chi connectivity index (χ3v) is 27.5. The van der Waals surface area contributed by atoms with Gasteiger partial charge in [0.15, 0.2) is 0 Å². The summed E-state index contributed by atoms with van der Waals surface area (Å²) in [4.78, 5) is 286. The number of fused-ring (bicyclic) bond motifs is 4. The van der Waals surface area contributed by atoms with Gasteiger partial charge in [0.25, 0.3) is 0 Å². The number of thioether (sulfide) groups is 1. The van der Waals surface area contributed by atoms with E-state index in [4.69, 9.17) is 17.2 Å². The van der Waals surface area contributed by atoms with Crippen molar-refractivity contribution in [1.29, 1.82) is 0 Å². The van der Waals surface area contributed by atoms with Crippen molar-refractivity contribution in [1.82, 2.24) is 97.6 Å². The number of carbonyl (C=O) groups is 18. The summed E-state index contributed by atoms with van der Waals surface area (Å²) in [6, 6.07) is 7.47. The number of phenolic OH excluding ortho intramolecular Hbond substituents is 1. The first-order valence-corrected chi connectivity index (χ1v) is 50.2. The van der Waals surface area contributed by atoms with Gasteiger partial charge < -0.3 is 125 Å². The van der Waals surface area contributed by atoms with Gasteiger partial charge in [-0.15, -0.1) is 11.8 Å². The summed E-state index contributed by atoms with van der Waals surface area (Å²) < 4.78 is 0. The van der Waals surface area contributed by atoms with Crippen LogP contribution in [0.15, 0.2) is 128 Å². The van der Waals surface area contributed by atoms with Gasteiger partial charge >= 0.3 is 11.9 Å². The molecule has 6 heterocycles. The van der Waals surface area contributed by atoms with Crippen LogP contribution in [-0.4, -0.2) is 316 Å². The third-order valence-electron chi connectivity index (χ3n) is 26.4. The average Bonchev–Trinajstić information content (AvgIpc) is 1.64. The van der Waals surface area contributed by atoms with Crippen LogP contribution in [0.2, 0.25) is 0 Å². The van der Waals surface area contributed by atoms with Crippen molar-refractivity contribution in [3.63, 3.8) is 0 Å². The summed E-state index contributed by atoms with van der Waals surface area (Å²) in [6.07, 6.45) is 5.65. The number of imidazole rings is 1. The van der Waals surface area contributed by atoms with Crippen molar-refractivity contribution in [2.75, 3.05) is 65.4 Å². The van der Waals surface area contributed by atoms with E-state index in [-0.39, 0.29) is 128 Å². The molecular formula is C100H136N22O21S. The Morgan fingerprint density at radius 2 is 0.993 bits per heavy atom. The largest absolute Gasteiger partial charge is 0.508 e. The number of carboxylic acids is 2. The number of phenols is 1. The molecule has 0 radical (unpaired) electrons. The number of amides is 16. The number of aromatic amines is 3. The molecule has 0 aliphatic carbocycles. The van der Waals surface area contributed by atoms with Crippen molar-refractivity contribution in [2.24, 2.45) is 23.1 Å². The van der Waals surface area contributed by atoms with E-state index < -0.39 is 234 Å². The highest BCUT2D eigenvalue weighted by Gasteiger charge is 2.47. The van der Waals surface area contributed by atoms with Crippen LogP contribution in [0.1, 0.15) is 164 Å². The maximum absolute atomic E-state index is 16.1. The van der Waals surface area contributed by atoms with Crippen molar-refractivity contribution in [3.05, 3.63) is 156 Å². The Morgan fingerprint density at radius 1 is 0.479 bits per heavy atom. The zero-order chi connectivity index (χ0) is 104. The number of H-pyrrole nitrogens is 3. The molecule has 16 amide bonds. The van der Waals surface area contributed by atoms with Crippen LogP contribution in [0.3, 0.4) is 0 Å². The van der Waals surface area contributed by atoms with E-state index in [1.807, 2.05) is 68.4 Å². The fraction of sp³-hybridized carbons (Fsp3) is 0.510. The number of nitrogens with zero attached hydrogens (tertiary/aromatic N) is 6. The zero-order valence-electron chi connectivity index (χ0n) is 82.0. The highest BCUT2D eigenvalue weighted by Crippen LogP contribution is 2.32. The molecule has 3 aromatic heterocycles. The number of aliphatic carboxylic acids is 2. The molecule has 0 spiro atoms. The third kappa shape index (κ3) is 31.6. The molecule has 43 nitrogen and oxygen atoms in total. The second-order valence-corrected chi connectivity index (χ2v) is 38.0. The molecule has 144 heavy (non-hydrogen) atoms. The molecule has 0 bridgehead atoms. The second-order valence-electron chi connectivity index (χ2n) is 37.0. The Balaban J connectivity index is 1.06. The molecule has 3 aliphatic heterocycles. The van der Waals surface area contributed by atoms with E-state index in [0.717, 1.165) is 20.3 Å². The summed E-state index contributed by atoms with van der Waals surface area (Å²) in [7, 11) is 3.89. The molecule has 3 aliphatic rings. The lowest BCUT2D eigenvalue weighted by Crippen LogP contribution is -2.61. The minimum atomic E-state index is -1.91. The van der Waals surface area contributed by atoms with Gasteiger partial charge in [-0.2, -0.15) is 0 Å². The number of nitrogens with two attached hydrogens (primary N) is 3. The predicted octanol–water partition coefficient (Wildman–Crippen LogP) is 0.990. The highest BCUT2D eigenvalue weighted by atomic mass is 32.2. The number of primary amides is 1. The van der Waals surface area contributed by atoms with Crippen molar-refractivity contribution in [3.8, 4) is 5.75 Å². The van der Waals surface area contributed by atoms with Crippen molar-refractivity contribution in [2.45, 2.75) is 253 Å². The topological polar surface area (TPSA) is 643 Å². The monoisotopic (exact) mass is 2010 g/mol. The van der Waals surface area contributed by atoms with E-state index in [1.54, 1.807) is 36.7 Å². The number of para-hydroxylation sites is 2. The summed E-state index contributed by atoms with van der Waals surface area (Å²) in [5, 5.41) is 59.1. The summed E-state index contributed by atoms with van der Waals surface area (Å²) in [5.41, 5.74) is 21.6. The molecule has 10 rings (SSSR count). The number of benzene rings is 4. The number of hydrogen-bond acceptors (Lipinski definition) is 23. The van der Waals surface area contributed by atoms with Crippen molar-refractivity contribution < 1.29 is 102 Å². The fourth-order valence-corrected chi connectivity index (χ4v) is 19.2. The standard InChI is InChI=1S/C100H136N22O21S/c1-7-9-31-79-93(136)111-71(38-39-85(126)127)90(133)117-78(88(131)107-53-83(103)124)55-144-56-84(125)109-75(44-60-34-36-65(123)37-35-60)96(139)118(4)58(3)87(130)115-77(49-86(128)129)99(142)121-42-22-33-80(121)94(137)114-74(48-64-52-104-57-108-64)92(135)112-72(30-19-21-41-102)98(141)122-54-61(43-59-23-12-11-13-24-59)45-82(122)95(138)113-73(46-62-50-105-68-27-16-14-25-66(62)68)91(134)110-70(29-18-20-40-101)89(132)116-76(47-63-51-106-69-28-17-15-26-67(63)69)97(140)120(6)81(32-10-8-2)100(143)119(79)5/h11-17,23-28,34-37,50-52,57-58,61,70-82,105-106,123H,7-10,18-22,29-33,38-49,53-56,101-102H2,1-6H3,(H2,103,124)(H,104,108)(H,107,131)(H,109,125)(H,110,134)(H,111,136)(H,112,135)(H,113,138)(H,114,137)(H,115,130)(H,116,132)(H,117,133)(H,126,127)(H,128,129)/t58-,61+,70-,71-,72-,73-,74-,75-,76-,77-,78-,79-,80-,81-,82-/m0/s1. The van der Waals surface area contributed by atoms with Crippen LogP contribution >= 0.6 is 11.8 Å². The molecule has 0 saturated carbocycles. The first-order chi connectivity index (χ1) is 69.0. The summed E-state index contributed by atoms with van der Waals surface area (Å²) in [5.74, 6) is -19.5. The lowest BCUT2D eigenvalue weighted by molar-refractivity contribution is -0.149. The number of rotatable bonds is 32. The van der Waals surface area contributed by atoms with Gasteiger partial charge in [0.1, 0.15) is 90.3 Å². The Kier molecular flexibility index (Phi) is 42.5. The molecule has 22 N–H and O–H groups in total. The number of likely N-dealkylation sites (N-methyl/N-ethyl adjacent to an activating group) is 3. The number of carboxylic acid groups (broad SMARTS) is 2. The number of aromatic hydroxyl groups is 1. The molecule has 0 unspecified atom stereocenters. The van der Waals surface area contributed by atoms with Gasteiger partial charge in [-0.25, -0.2) is 4.98 Å². The summed E-state index contributed by atoms with van der Waals surface area (Å²) in [6.45, 7) is 4.25. The van der Waals surface area contributed by atoms with E-state index in [0.29, 0.717) is 88.8 Å². The van der Waals surface area contributed by atoms with E-state index in [1.165, 1.54) is 74.7 Å². The maximum Gasteiger partial charge on any atom is 0.305 e. The highest BCUT2D eigenvalue weighted by molar-refractivity contribution is 8.00. The first kappa shape index (κ1) is 112. The molecule has 3 fully saturated rings. The van der Waals surface area contributed by atoms with Crippen molar-refractivity contribution >= 4 is 140 Å². The normalized spacial score (nSPS) is 23.9. The lowest BCUT2D eigenvalue weighted by atomic mass is 9.96. The van der Waals surface area contributed by atoms with Gasteiger partial charge in [-0.1, -0.05) is 118 Å². The summed E-state index contributed by atoms with van der Waals surface area (Å²) >= 11 is 0.710. The Morgan fingerprint density at radius 3 is 1.60 bits per heavy atom. The van der Waals surface area contributed by atoms with Crippen LogP contribution in [0.25, 0.3) is 21.8 Å². The number of hydrogen-bond donors (Lipinski definition) is 19. The van der Waals surface area contributed by atoms with Crippen LogP contribution in [0.5, 0.6) is 5.75 Å². The van der Waals surface area contributed by atoms with Crippen LogP contribution < -0.4 is 70.4 Å². The molecule has 15 atom stereocenters. The van der Waals surface area contributed by atoms with Crippen LogP contribution in [0, 0.1) is 5.92 Å². The number of aromatic nitrogens is 4. The number of carbonyl (C=O) groups excluding carboxylic acids is 16. The van der Waals surface area contributed by atoms with E-state index in [2.05, 4.69) is 73.1 Å². The predicted molar refractivity (Wildman–Crippen MR) is 533 cm³/mol. The fourth-order valence-electron chi connectivity index (χ4n) is 18.3. The molecule has 7 aromatic rings. The Hall–Kier alpha value is -14.3. The smallest absolute Gasteiger partial charge is 0.305 e. The lowest BCUT2D eigenvalue weighted by Gasteiger charge is -2.36. The van der Waals surface area contributed by atoms with E-state index >= 15 is 47.9 Å². The Bertz CT molecular complexity index is 5630. The minimum Gasteiger partial charge on any atom is -0.508 e. The minimum absolute atomic E-state index is 0.0127. The number of unbranched alkanes of at least 4 members (excludes halogenated alkanes) is 4. The van der Waals surface area contributed by atoms with Gasteiger partial charge in [-0.05, 0) is 156 Å². The average molecular weight is 2010 g/mol. The molecule has 3 saturated heterocycles. The maximum atomic E-state index is 16.1.